The Morgan fingerprint density at radius 1 is 1.11 bits per heavy atom. The highest BCUT2D eigenvalue weighted by molar-refractivity contribution is 7.89. The first-order chi connectivity index (χ1) is 12.9. The number of nitrogens with zero attached hydrogens (tertiary/aromatic N) is 2. The summed E-state index contributed by atoms with van der Waals surface area (Å²) in [5.41, 5.74) is 2.64. The van der Waals surface area contributed by atoms with Crippen molar-refractivity contribution in [3.05, 3.63) is 71.1 Å². The molecule has 0 spiro atoms. The molecule has 8 heteroatoms. The van der Waals surface area contributed by atoms with Crippen molar-refractivity contribution in [2.45, 2.75) is 18.4 Å². The summed E-state index contributed by atoms with van der Waals surface area (Å²) in [4.78, 5) is 8.55. The van der Waals surface area contributed by atoms with Crippen LogP contribution in [0.1, 0.15) is 11.3 Å². The van der Waals surface area contributed by atoms with Gasteiger partial charge < -0.3 is 4.74 Å². The third kappa shape index (κ3) is 4.44. The van der Waals surface area contributed by atoms with Crippen LogP contribution in [0, 0.1) is 6.92 Å². The van der Waals surface area contributed by atoms with Crippen LogP contribution in [0.25, 0.3) is 11.3 Å². The number of aromatic nitrogens is 2. The molecule has 0 aliphatic carbocycles. The van der Waals surface area contributed by atoms with Gasteiger partial charge in [0.15, 0.2) is 0 Å². The van der Waals surface area contributed by atoms with Crippen molar-refractivity contribution in [1.29, 1.82) is 0 Å². The molecule has 6 nitrogen and oxygen atoms in total. The zero-order chi connectivity index (χ0) is 19.4. The fourth-order valence-electron chi connectivity index (χ4n) is 2.54. The average Bonchev–Trinajstić information content (AvgIpc) is 2.69. The lowest BCUT2D eigenvalue weighted by Gasteiger charge is -2.10. The van der Waals surface area contributed by atoms with Crippen molar-refractivity contribution >= 4 is 21.6 Å². The van der Waals surface area contributed by atoms with E-state index < -0.39 is 10.0 Å². The normalized spacial score (nSPS) is 11.4. The van der Waals surface area contributed by atoms with E-state index in [0.717, 1.165) is 11.3 Å². The number of ether oxygens (including phenoxy) is 1. The maximum absolute atomic E-state index is 12.6. The number of rotatable bonds is 6. The second-order valence-electron chi connectivity index (χ2n) is 5.81. The van der Waals surface area contributed by atoms with Gasteiger partial charge in [0.25, 0.3) is 0 Å². The smallest absolute Gasteiger partial charge is 0.241 e. The Hall–Kier alpha value is -2.48. The molecule has 1 heterocycles. The highest BCUT2D eigenvalue weighted by Gasteiger charge is 2.18. The molecule has 2 aromatic carbocycles. The summed E-state index contributed by atoms with van der Waals surface area (Å²) < 4.78 is 32.9. The minimum absolute atomic E-state index is 0.0416. The standard InChI is InChI=1S/C19H18ClN3O3S/c1-13-17(20)4-3-5-19(13)27(24,25)23-11-15-10-18(22-12-21-15)14-6-8-16(26-2)9-7-14/h3-10,12,23H,11H2,1-2H3. The fraction of sp³-hybridized carbons (Fsp3) is 0.158. The van der Waals surface area contributed by atoms with Crippen LogP contribution in [0.4, 0.5) is 0 Å². The van der Waals surface area contributed by atoms with Crippen molar-refractivity contribution in [2.75, 3.05) is 7.11 Å². The summed E-state index contributed by atoms with van der Waals surface area (Å²) in [5, 5.41) is 0.404. The molecule has 0 unspecified atom stereocenters. The first-order valence-electron chi connectivity index (χ1n) is 8.11. The molecule has 0 saturated carbocycles. The van der Waals surface area contributed by atoms with Gasteiger partial charge in [-0.15, -0.1) is 0 Å². The molecule has 0 aliphatic rings. The van der Waals surface area contributed by atoms with E-state index in [-0.39, 0.29) is 11.4 Å². The molecule has 3 rings (SSSR count). The van der Waals surface area contributed by atoms with Gasteiger partial charge in [0.1, 0.15) is 12.1 Å². The van der Waals surface area contributed by atoms with Crippen molar-refractivity contribution in [3.63, 3.8) is 0 Å². The topological polar surface area (TPSA) is 81.2 Å². The van der Waals surface area contributed by atoms with Gasteiger partial charge in [-0.3, -0.25) is 0 Å². The van der Waals surface area contributed by atoms with Gasteiger partial charge >= 0.3 is 0 Å². The fourth-order valence-corrected chi connectivity index (χ4v) is 4.03. The van der Waals surface area contributed by atoms with Crippen molar-refractivity contribution in [2.24, 2.45) is 0 Å². The summed E-state index contributed by atoms with van der Waals surface area (Å²) in [7, 11) is -2.11. The maximum atomic E-state index is 12.6. The van der Waals surface area contributed by atoms with Gasteiger partial charge in [-0.2, -0.15) is 0 Å². The molecule has 1 aromatic heterocycles. The second-order valence-corrected chi connectivity index (χ2v) is 7.95. The van der Waals surface area contributed by atoms with Crippen LogP contribution in [-0.4, -0.2) is 25.5 Å². The number of benzene rings is 2. The Kier molecular flexibility index (Phi) is 5.74. The van der Waals surface area contributed by atoms with Crippen LogP contribution in [0.3, 0.4) is 0 Å². The van der Waals surface area contributed by atoms with E-state index >= 15 is 0 Å². The van der Waals surface area contributed by atoms with Gasteiger partial charge in [0.05, 0.1) is 29.9 Å². The SMILES string of the molecule is COc1ccc(-c2cc(CNS(=O)(=O)c3cccc(Cl)c3C)ncn2)cc1. The molecule has 1 N–H and O–H groups in total. The highest BCUT2D eigenvalue weighted by atomic mass is 35.5. The summed E-state index contributed by atoms with van der Waals surface area (Å²) in [6, 6.07) is 14.0. The number of hydrogen-bond acceptors (Lipinski definition) is 5. The molecular formula is C19H18ClN3O3S. The molecule has 0 bridgehead atoms. The molecular weight excluding hydrogens is 386 g/mol. The van der Waals surface area contributed by atoms with E-state index in [1.54, 1.807) is 32.2 Å². The van der Waals surface area contributed by atoms with E-state index in [1.807, 2.05) is 24.3 Å². The molecule has 0 saturated heterocycles. The molecule has 0 aliphatic heterocycles. The van der Waals surface area contributed by atoms with E-state index in [9.17, 15) is 8.42 Å². The Balaban J connectivity index is 1.79. The number of hydrogen-bond donors (Lipinski definition) is 1. The lowest BCUT2D eigenvalue weighted by atomic mass is 10.1. The number of nitrogens with one attached hydrogen (secondary N) is 1. The third-order valence-electron chi connectivity index (χ3n) is 4.06. The van der Waals surface area contributed by atoms with Crippen LogP contribution in [0.5, 0.6) is 5.75 Å². The molecule has 0 fully saturated rings. The number of methoxy groups -OCH3 is 1. The minimum atomic E-state index is -3.71. The van der Waals surface area contributed by atoms with Gasteiger partial charge in [0.2, 0.25) is 10.0 Å². The Morgan fingerprint density at radius 2 is 1.85 bits per heavy atom. The van der Waals surface area contributed by atoms with Crippen molar-refractivity contribution in [3.8, 4) is 17.0 Å². The molecule has 0 radical (unpaired) electrons. The summed E-state index contributed by atoms with van der Waals surface area (Å²) in [6.07, 6.45) is 1.41. The Morgan fingerprint density at radius 3 is 2.56 bits per heavy atom. The lowest BCUT2D eigenvalue weighted by Crippen LogP contribution is -2.24. The minimum Gasteiger partial charge on any atom is -0.497 e. The highest BCUT2D eigenvalue weighted by Crippen LogP contribution is 2.23. The third-order valence-corrected chi connectivity index (χ3v) is 6.02. The monoisotopic (exact) mass is 403 g/mol. The zero-order valence-electron chi connectivity index (χ0n) is 14.8. The number of halogens is 1. The zero-order valence-corrected chi connectivity index (χ0v) is 16.4. The summed E-state index contributed by atoms with van der Waals surface area (Å²) >= 11 is 6.03. The van der Waals surface area contributed by atoms with Gasteiger partial charge in [0, 0.05) is 10.6 Å². The van der Waals surface area contributed by atoms with E-state index in [0.29, 0.717) is 22.0 Å². The summed E-state index contributed by atoms with van der Waals surface area (Å²) in [5.74, 6) is 0.748. The molecule has 3 aromatic rings. The first kappa shape index (κ1) is 19.3. The predicted molar refractivity (Wildman–Crippen MR) is 104 cm³/mol. The van der Waals surface area contributed by atoms with Crippen LogP contribution in [0.15, 0.2) is 59.8 Å². The quantitative estimate of drug-likeness (QED) is 0.680. The molecule has 0 atom stereocenters. The molecule has 27 heavy (non-hydrogen) atoms. The van der Waals surface area contributed by atoms with Crippen LogP contribution in [-0.2, 0) is 16.6 Å². The lowest BCUT2D eigenvalue weighted by molar-refractivity contribution is 0.415. The van der Waals surface area contributed by atoms with E-state index in [4.69, 9.17) is 16.3 Å². The second kappa shape index (κ2) is 8.04. The average molecular weight is 404 g/mol. The van der Waals surface area contributed by atoms with Gasteiger partial charge in [-0.05, 0) is 55.0 Å². The van der Waals surface area contributed by atoms with Crippen LogP contribution in [0.2, 0.25) is 5.02 Å². The van der Waals surface area contributed by atoms with E-state index in [2.05, 4.69) is 14.7 Å². The first-order valence-corrected chi connectivity index (χ1v) is 9.97. The Bertz CT molecular complexity index is 1050. The van der Waals surface area contributed by atoms with Gasteiger partial charge in [-0.25, -0.2) is 23.1 Å². The van der Waals surface area contributed by atoms with Crippen LogP contribution < -0.4 is 9.46 Å². The maximum Gasteiger partial charge on any atom is 0.241 e. The molecule has 140 valence electrons. The molecule has 0 amide bonds. The van der Waals surface area contributed by atoms with Gasteiger partial charge in [-0.1, -0.05) is 17.7 Å². The largest absolute Gasteiger partial charge is 0.497 e. The predicted octanol–water partition coefficient (Wildman–Crippen LogP) is 3.59. The van der Waals surface area contributed by atoms with E-state index in [1.165, 1.54) is 12.4 Å². The summed E-state index contributed by atoms with van der Waals surface area (Å²) in [6.45, 7) is 1.71. The van der Waals surface area contributed by atoms with Crippen LogP contribution >= 0.6 is 11.6 Å². The van der Waals surface area contributed by atoms with Crippen molar-refractivity contribution in [1.82, 2.24) is 14.7 Å². The van der Waals surface area contributed by atoms with Crippen molar-refractivity contribution < 1.29 is 13.2 Å². The Labute approximate surface area is 163 Å². The number of sulfonamides is 1.